The Balaban J connectivity index is 1.49. The van der Waals surface area contributed by atoms with E-state index in [4.69, 9.17) is 0 Å². The van der Waals surface area contributed by atoms with Crippen molar-refractivity contribution in [1.82, 2.24) is 15.3 Å². The van der Waals surface area contributed by atoms with Crippen molar-refractivity contribution in [2.45, 2.75) is 6.42 Å². The number of aromatic amines is 1. The number of hydrogen-bond acceptors (Lipinski definition) is 4. The second kappa shape index (κ2) is 6.40. The van der Waals surface area contributed by atoms with Crippen molar-refractivity contribution < 1.29 is 9.59 Å². The van der Waals surface area contributed by atoms with E-state index >= 15 is 0 Å². The van der Waals surface area contributed by atoms with Gasteiger partial charge in [0, 0.05) is 13.0 Å². The number of nitrogens with one attached hydrogen (secondary N) is 3. The topological polar surface area (TPSA) is 86.9 Å². The summed E-state index contributed by atoms with van der Waals surface area (Å²) in [5.41, 5.74) is 1.66. The van der Waals surface area contributed by atoms with E-state index in [1.807, 2.05) is 35.7 Å². The molecule has 0 aliphatic heterocycles. The zero-order valence-corrected chi connectivity index (χ0v) is 12.4. The van der Waals surface area contributed by atoms with Crippen molar-refractivity contribution in [3.63, 3.8) is 0 Å². The monoisotopic (exact) mass is 314 g/mol. The molecule has 0 atom stereocenters. The zero-order valence-electron chi connectivity index (χ0n) is 11.6. The number of anilines is 1. The quantitative estimate of drug-likeness (QED) is 0.676. The Labute approximate surface area is 130 Å². The van der Waals surface area contributed by atoms with Gasteiger partial charge < -0.3 is 10.3 Å². The first-order valence-electron chi connectivity index (χ1n) is 6.79. The molecule has 1 aromatic carbocycles. The highest BCUT2D eigenvalue weighted by molar-refractivity contribution is 7.12. The number of thiophene rings is 1. The number of hydrogen-bond donors (Lipinski definition) is 3. The van der Waals surface area contributed by atoms with Crippen molar-refractivity contribution in [2.24, 2.45) is 0 Å². The molecule has 3 aromatic rings. The van der Waals surface area contributed by atoms with Gasteiger partial charge in [-0.3, -0.25) is 14.9 Å². The maximum absolute atomic E-state index is 11.8. The van der Waals surface area contributed by atoms with Gasteiger partial charge in [-0.15, -0.1) is 11.3 Å². The summed E-state index contributed by atoms with van der Waals surface area (Å²) in [6, 6.07) is 11.1. The number of carbonyl (C=O) groups is 2. The van der Waals surface area contributed by atoms with Gasteiger partial charge in [0.2, 0.25) is 11.9 Å². The van der Waals surface area contributed by atoms with Crippen LogP contribution in [-0.2, 0) is 4.79 Å². The fourth-order valence-corrected chi connectivity index (χ4v) is 2.63. The number of H-pyrrole nitrogens is 1. The van der Waals surface area contributed by atoms with E-state index in [0.29, 0.717) is 10.8 Å². The van der Waals surface area contributed by atoms with Crippen LogP contribution in [0.25, 0.3) is 11.0 Å². The molecular weight excluding hydrogens is 300 g/mol. The number of rotatable bonds is 5. The average molecular weight is 314 g/mol. The van der Waals surface area contributed by atoms with Crippen LogP contribution >= 0.6 is 11.3 Å². The summed E-state index contributed by atoms with van der Waals surface area (Å²) < 4.78 is 0. The highest BCUT2D eigenvalue weighted by atomic mass is 32.1. The third-order valence-electron chi connectivity index (χ3n) is 3.03. The van der Waals surface area contributed by atoms with E-state index in [1.165, 1.54) is 11.3 Å². The summed E-state index contributed by atoms with van der Waals surface area (Å²) in [6.07, 6.45) is 0.189. The molecule has 0 aliphatic carbocycles. The molecule has 7 heteroatoms. The summed E-state index contributed by atoms with van der Waals surface area (Å²) in [5, 5.41) is 7.23. The lowest BCUT2D eigenvalue weighted by Gasteiger charge is -2.03. The number of benzene rings is 1. The summed E-state index contributed by atoms with van der Waals surface area (Å²) in [7, 11) is 0. The first kappa shape index (κ1) is 14.3. The van der Waals surface area contributed by atoms with Gasteiger partial charge in [0.1, 0.15) is 0 Å². The molecule has 0 aliphatic rings. The minimum atomic E-state index is -0.203. The Kier molecular flexibility index (Phi) is 4.15. The van der Waals surface area contributed by atoms with Crippen LogP contribution in [0.15, 0.2) is 41.8 Å². The summed E-state index contributed by atoms with van der Waals surface area (Å²) in [6.45, 7) is 0.281. The van der Waals surface area contributed by atoms with Crippen molar-refractivity contribution in [3.8, 4) is 0 Å². The lowest BCUT2D eigenvalue weighted by Crippen LogP contribution is -2.27. The maximum Gasteiger partial charge on any atom is 0.261 e. The van der Waals surface area contributed by atoms with E-state index in [9.17, 15) is 9.59 Å². The lowest BCUT2D eigenvalue weighted by atomic mass is 10.3. The van der Waals surface area contributed by atoms with Crippen LogP contribution in [0, 0.1) is 0 Å². The molecule has 2 amide bonds. The van der Waals surface area contributed by atoms with Gasteiger partial charge >= 0.3 is 0 Å². The van der Waals surface area contributed by atoms with Crippen LogP contribution in [0.3, 0.4) is 0 Å². The molecule has 0 radical (unpaired) electrons. The van der Waals surface area contributed by atoms with Crippen LogP contribution in [-0.4, -0.2) is 28.3 Å². The number of nitrogens with zero attached hydrogens (tertiary/aromatic N) is 1. The minimum Gasteiger partial charge on any atom is -0.351 e. The lowest BCUT2D eigenvalue weighted by molar-refractivity contribution is -0.116. The van der Waals surface area contributed by atoms with Crippen molar-refractivity contribution in [3.05, 3.63) is 46.7 Å². The van der Waals surface area contributed by atoms with Gasteiger partial charge in [0.15, 0.2) is 0 Å². The van der Waals surface area contributed by atoms with Gasteiger partial charge in [-0.1, -0.05) is 18.2 Å². The van der Waals surface area contributed by atoms with E-state index in [-0.39, 0.29) is 24.8 Å². The molecule has 3 N–H and O–H groups in total. The molecule has 6 nitrogen and oxygen atoms in total. The van der Waals surface area contributed by atoms with Crippen LogP contribution in [0.1, 0.15) is 16.1 Å². The van der Waals surface area contributed by atoms with Gasteiger partial charge in [-0.25, -0.2) is 4.98 Å². The van der Waals surface area contributed by atoms with Crippen LogP contribution in [0.4, 0.5) is 5.95 Å². The van der Waals surface area contributed by atoms with E-state index in [0.717, 1.165) is 11.0 Å². The second-order valence-electron chi connectivity index (χ2n) is 4.63. The average Bonchev–Trinajstić information content (AvgIpc) is 3.15. The van der Waals surface area contributed by atoms with E-state index < -0.39 is 0 Å². The van der Waals surface area contributed by atoms with E-state index in [1.54, 1.807) is 6.07 Å². The molecule has 0 saturated carbocycles. The second-order valence-corrected chi connectivity index (χ2v) is 5.58. The molecule has 0 bridgehead atoms. The van der Waals surface area contributed by atoms with Crippen molar-refractivity contribution in [2.75, 3.05) is 11.9 Å². The number of para-hydroxylation sites is 2. The Morgan fingerprint density at radius 3 is 2.82 bits per heavy atom. The van der Waals surface area contributed by atoms with Gasteiger partial charge in [0.05, 0.1) is 15.9 Å². The first-order chi connectivity index (χ1) is 10.7. The third kappa shape index (κ3) is 3.32. The highest BCUT2D eigenvalue weighted by Gasteiger charge is 2.09. The van der Waals surface area contributed by atoms with Crippen molar-refractivity contribution >= 4 is 40.1 Å². The van der Waals surface area contributed by atoms with Crippen molar-refractivity contribution in [1.29, 1.82) is 0 Å². The minimum absolute atomic E-state index is 0.161. The molecular formula is C15H14N4O2S. The maximum atomic E-state index is 11.8. The number of imidazole rings is 1. The zero-order chi connectivity index (χ0) is 15.4. The number of fused-ring (bicyclic) bond motifs is 1. The molecule has 2 aromatic heterocycles. The molecule has 0 spiro atoms. The van der Waals surface area contributed by atoms with E-state index in [2.05, 4.69) is 20.6 Å². The Hall–Kier alpha value is -2.67. The standard InChI is InChI=1S/C15H14N4O2S/c20-13(7-8-16-14(21)12-6-3-9-22-12)19-15-17-10-4-1-2-5-11(10)18-15/h1-6,9H,7-8H2,(H,16,21)(H2,17,18,19,20). The summed E-state index contributed by atoms with van der Waals surface area (Å²) in [5.74, 6) is 0.0489. The molecule has 2 heterocycles. The molecule has 0 unspecified atom stereocenters. The predicted octanol–water partition coefficient (Wildman–Crippen LogP) is 2.38. The molecule has 22 heavy (non-hydrogen) atoms. The predicted molar refractivity (Wildman–Crippen MR) is 86.0 cm³/mol. The Morgan fingerprint density at radius 1 is 1.18 bits per heavy atom. The molecule has 112 valence electrons. The first-order valence-corrected chi connectivity index (χ1v) is 7.66. The fraction of sp³-hybridized carbons (Fsp3) is 0.133. The highest BCUT2D eigenvalue weighted by Crippen LogP contribution is 2.13. The Morgan fingerprint density at radius 2 is 2.05 bits per heavy atom. The SMILES string of the molecule is O=C(CCNC(=O)c1cccs1)Nc1nc2ccccc2[nH]1. The summed E-state index contributed by atoms with van der Waals surface area (Å²) >= 11 is 1.37. The normalized spacial score (nSPS) is 10.5. The number of aromatic nitrogens is 2. The molecule has 3 rings (SSSR count). The largest absolute Gasteiger partial charge is 0.351 e. The smallest absolute Gasteiger partial charge is 0.261 e. The fourth-order valence-electron chi connectivity index (χ4n) is 1.99. The van der Waals surface area contributed by atoms with Gasteiger partial charge in [-0.2, -0.15) is 0 Å². The number of amides is 2. The van der Waals surface area contributed by atoms with Crippen LogP contribution in [0.2, 0.25) is 0 Å². The Bertz CT molecular complexity index is 762. The van der Waals surface area contributed by atoms with Crippen LogP contribution in [0.5, 0.6) is 0 Å². The van der Waals surface area contributed by atoms with Crippen LogP contribution < -0.4 is 10.6 Å². The van der Waals surface area contributed by atoms with Gasteiger partial charge in [0.25, 0.3) is 5.91 Å². The third-order valence-corrected chi connectivity index (χ3v) is 3.90. The number of carbonyl (C=O) groups excluding carboxylic acids is 2. The molecule has 0 fully saturated rings. The summed E-state index contributed by atoms with van der Waals surface area (Å²) in [4.78, 5) is 31.5. The molecule has 0 saturated heterocycles. The van der Waals surface area contributed by atoms with Gasteiger partial charge in [-0.05, 0) is 23.6 Å².